The first-order valence-corrected chi connectivity index (χ1v) is 21.8. The number of hydrogen-bond acceptors (Lipinski definition) is 1. The summed E-state index contributed by atoms with van der Waals surface area (Å²) in [5.41, 5.74) is 18.6. The molecule has 10 aromatic rings. The summed E-state index contributed by atoms with van der Waals surface area (Å²) in [4.78, 5) is 2.46. The highest BCUT2D eigenvalue weighted by molar-refractivity contribution is 6.20. The monoisotopic (exact) mass is 792 g/mol. The average Bonchev–Trinajstić information content (AvgIpc) is 3.82. The molecule has 0 amide bonds. The highest BCUT2D eigenvalue weighted by atomic mass is 15.1. The maximum absolute atomic E-state index is 2.46. The van der Waals surface area contributed by atoms with Crippen LogP contribution in [0.4, 0.5) is 17.1 Å². The standard InChI is InChI=1S/C60H44N2/c1-39-24-25-45(46-29-33-52-51-20-11-12-23-56(51)62(58(52)38-46)47-18-7-4-8-19-47)37-55(39)59-40(2)50-34-35-57(53-21-13-22-54(59)60(50)53)61(49-32-28-42-16-9-10-17-44(42)36-49)48-30-26-43(27-31-48)41-14-5-3-6-15-41/h3-14,16-38,41H,15H2,1-2H3. The molecule has 0 bridgehead atoms. The van der Waals surface area contributed by atoms with Gasteiger partial charge in [0.2, 0.25) is 0 Å². The Morgan fingerprint density at radius 2 is 1.24 bits per heavy atom. The van der Waals surface area contributed by atoms with E-state index in [9.17, 15) is 0 Å². The van der Waals surface area contributed by atoms with Crippen molar-refractivity contribution in [3.8, 4) is 16.8 Å². The third-order valence-corrected chi connectivity index (χ3v) is 13.4. The van der Waals surface area contributed by atoms with E-state index in [1.54, 1.807) is 0 Å². The molecule has 0 radical (unpaired) electrons. The van der Waals surface area contributed by atoms with Gasteiger partial charge in [0.25, 0.3) is 0 Å². The van der Waals surface area contributed by atoms with Crippen molar-refractivity contribution in [1.82, 2.24) is 4.57 Å². The van der Waals surface area contributed by atoms with Gasteiger partial charge in [-0.3, -0.25) is 0 Å². The quantitative estimate of drug-likeness (QED) is 0.156. The Balaban J connectivity index is 0.987. The van der Waals surface area contributed by atoms with E-state index in [0.717, 1.165) is 17.8 Å². The van der Waals surface area contributed by atoms with Crippen molar-refractivity contribution < 1.29 is 0 Å². The second-order valence-electron chi connectivity index (χ2n) is 16.9. The van der Waals surface area contributed by atoms with Crippen molar-refractivity contribution >= 4 is 71.6 Å². The van der Waals surface area contributed by atoms with Crippen LogP contribution in [0.25, 0.3) is 71.3 Å². The first-order valence-electron chi connectivity index (χ1n) is 21.8. The Morgan fingerprint density at radius 1 is 0.500 bits per heavy atom. The third-order valence-electron chi connectivity index (χ3n) is 13.4. The van der Waals surface area contributed by atoms with E-state index in [2.05, 4.69) is 236 Å². The molecule has 1 heterocycles. The Kier molecular flexibility index (Phi) is 8.47. The number of nitrogens with zero attached hydrogens (tertiary/aromatic N) is 2. The fourth-order valence-electron chi connectivity index (χ4n) is 10.3. The molecule has 2 aliphatic carbocycles. The number of anilines is 3. The molecule has 1 atom stereocenters. The molecule has 2 heteroatoms. The van der Waals surface area contributed by atoms with Crippen LogP contribution in [0.3, 0.4) is 0 Å². The molecule has 62 heavy (non-hydrogen) atoms. The molecule has 1 unspecified atom stereocenters. The van der Waals surface area contributed by atoms with Gasteiger partial charge in [0.15, 0.2) is 0 Å². The van der Waals surface area contributed by atoms with Crippen LogP contribution in [0, 0.1) is 6.92 Å². The Labute approximate surface area is 362 Å². The van der Waals surface area contributed by atoms with Crippen molar-refractivity contribution in [2.75, 3.05) is 4.90 Å². The predicted molar refractivity (Wildman–Crippen MR) is 264 cm³/mol. The second-order valence-corrected chi connectivity index (χ2v) is 16.9. The number of hydrogen-bond donors (Lipinski definition) is 0. The number of aryl methyl sites for hydroxylation is 1. The van der Waals surface area contributed by atoms with E-state index >= 15 is 0 Å². The maximum atomic E-state index is 2.46. The third kappa shape index (κ3) is 5.79. The normalized spacial score (nSPS) is 14.5. The number of fused-ring (bicyclic) bond motifs is 4. The molecular formula is C60H44N2. The molecule has 2 aliphatic rings. The smallest absolute Gasteiger partial charge is 0.0547 e. The molecule has 0 fully saturated rings. The van der Waals surface area contributed by atoms with E-state index in [1.165, 1.54) is 105 Å². The summed E-state index contributed by atoms with van der Waals surface area (Å²) in [5.74, 6) is 0.401. The zero-order valence-corrected chi connectivity index (χ0v) is 34.9. The van der Waals surface area contributed by atoms with Gasteiger partial charge in [0.05, 0.1) is 16.7 Å². The Bertz CT molecular complexity index is 3510. The lowest BCUT2D eigenvalue weighted by Gasteiger charge is -2.28. The van der Waals surface area contributed by atoms with Crippen molar-refractivity contribution in [1.29, 1.82) is 0 Å². The van der Waals surface area contributed by atoms with Crippen LogP contribution in [-0.4, -0.2) is 4.57 Å². The lowest BCUT2D eigenvalue weighted by Crippen LogP contribution is -2.11. The molecule has 0 spiro atoms. The maximum Gasteiger partial charge on any atom is 0.0547 e. The van der Waals surface area contributed by atoms with Crippen LogP contribution in [0.15, 0.2) is 212 Å². The average molecular weight is 793 g/mol. The predicted octanol–water partition coefficient (Wildman–Crippen LogP) is 16.4. The SMILES string of the molecule is CC1=C(c2cc(-c3ccc4c5ccccc5n(-c5ccccc5)c4c3)ccc2C)c2cccc3c(N(c4ccc(C5C=CC=CC5)cc4)c4ccc5ccccc5c4)ccc1c23. The summed E-state index contributed by atoms with van der Waals surface area (Å²) in [6.07, 6.45) is 9.93. The van der Waals surface area contributed by atoms with Gasteiger partial charge in [-0.15, -0.1) is 0 Å². The molecular weight excluding hydrogens is 749 g/mol. The van der Waals surface area contributed by atoms with Crippen molar-refractivity contribution in [2.24, 2.45) is 0 Å². The molecule has 0 aliphatic heterocycles. The Hall–Kier alpha value is -7.68. The van der Waals surface area contributed by atoms with Gasteiger partial charge in [-0.05, 0) is 147 Å². The van der Waals surface area contributed by atoms with E-state index in [1.807, 2.05) is 0 Å². The van der Waals surface area contributed by atoms with Gasteiger partial charge in [-0.1, -0.05) is 152 Å². The van der Waals surface area contributed by atoms with Crippen LogP contribution < -0.4 is 4.90 Å². The highest BCUT2D eigenvalue weighted by Crippen LogP contribution is 2.50. The number of allylic oxidation sites excluding steroid dienone is 5. The van der Waals surface area contributed by atoms with Crippen LogP contribution in [-0.2, 0) is 0 Å². The van der Waals surface area contributed by atoms with E-state index in [-0.39, 0.29) is 0 Å². The molecule has 2 nitrogen and oxygen atoms in total. The zero-order chi connectivity index (χ0) is 41.3. The Morgan fingerprint density at radius 3 is 2.10 bits per heavy atom. The topological polar surface area (TPSA) is 8.17 Å². The van der Waals surface area contributed by atoms with Crippen molar-refractivity contribution in [2.45, 2.75) is 26.2 Å². The van der Waals surface area contributed by atoms with Gasteiger partial charge in [0.1, 0.15) is 0 Å². The van der Waals surface area contributed by atoms with E-state index in [0.29, 0.717) is 5.92 Å². The number of benzene rings is 9. The minimum absolute atomic E-state index is 0.401. The lowest BCUT2D eigenvalue weighted by atomic mass is 9.90. The largest absolute Gasteiger partial charge is 0.310 e. The molecule has 0 N–H and O–H groups in total. The summed E-state index contributed by atoms with van der Waals surface area (Å²) < 4.78 is 2.41. The van der Waals surface area contributed by atoms with Crippen LogP contribution >= 0.6 is 0 Å². The molecule has 12 rings (SSSR count). The van der Waals surface area contributed by atoms with E-state index in [4.69, 9.17) is 0 Å². The van der Waals surface area contributed by atoms with Gasteiger partial charge in [-0.2, -0.15) is 0 Å². The summed E-state index contributed by atoms with van der Waals surface area (Å²) in [6.45, 7) is 4.57. The van der Waals surface area contributed by atoms with E-state index < -0.39 is 0 Å². The minimum atomic E-state index is 0.401. The fourth-order valence-corrected chi connectivity index (χ4v) is 10.3. The molecule has 294 valence electrons. The molecule has 9 aromatic carbocycles. The second kappa shape index (κ2) is 14.5. The van der Waals surface area contributed by atoms with Gasteiger partial charge in [-0.25, -0.2) is 0 Å². The summed E-state index contributed by atoms with van der Waals surface area (Å²) in [7, 11) is 0. The molecule has 1 aromatic heterocycles. The highest BCUT2D eigenvalue weighted by Gasteiger charge is 2.27. The molecule has 0 saturated carbocycles. The minimum Gasteiger partial charge on any atom is -0.310 e. The first-order chi connectivity index (χ1) is 30.6. The van der Waals surface area contributed by atoms with Crippen LogP contribution in [0.2, 0.25) is 0 Å². The number of para-hydroxylation sites is 2. The number of rotatable bonds is 7. The van der Waals surface area contributed by atoms with Crippen LogP contribution in [0.1, 0.15) is 47.1 Å². The van der Waals surface area contributed by atoms with Crippen molar-refractivity contribution in [3.05, 3.63) is 240 Å². The van der Waals surface area contributed by atoms with Crippen molar-refractivity contribution in [3.63, 3.8) is 0 Å². The fraction of sp³-hybridized carbons (Fsp3) is 0.0667. The summed E-state index contributed by atoms with van der Waals surface area (Å²) in [5, 5.41) is 7.57. The molecule has 0 saturated heterocycles. The first kappa shape index (κ1) is 36.2. The lowest BCUT2D eigenvalue weighted by molar-refractivity contribution is 0.854. The van der Waals surface area contributed by atoms with Gasteiger partial charge >= 0.3 is 0 Å². The van der Waals surface area contributed by atoms with Crippen LogP contribution in [0.5, 0.6) is 0 Å². The summed E-state index contributed by atoms with van der Waals surface area (Å²) in [6, 6.07) is 69.9. The zero-order valence-electron chi connectivity index (χ0n) is 34.9. The van der Waals surface area contributed by atoms with Gasteiger partial charge < -0.3 is 9.47 Å². The van der Waals surface area contributed by atoms with Gasteiger partial charge in [0, 0.05) is 39.1 Å². The number of aromatic nitrogens is 1. The summed E-state index contributed by atoms with van der Waals surface area (Å²) >= 11 is 0.